The van der Waals surface area contributed by atoms with Gasteiger partial charge < -0.3 is 9.47 Å². The van der Waals surface area contributed by atoms with E-state index in [2.05, 4.69) is 13.2 Å². The Kier molecular flexibility index (Phi) is 7.57. The molecule has 0 saturated carbocycles. The monoisotopic (exact) mass is 227 g/mol. The molecule has 0 aromatic rings. The minimum atomic E-state index is -0.590. The molecule has 0 aliphatic carbocycles. The highest BCUT2D eigenvalue weighted by atomic mass is 16.6. The van der Waals surface area contributed by atoms with Crippen LogP contribution < -0.4 is 0 Å². The normalized spacial score (nSPS) is 9.06. The lowest BCUT2D eigenvalue weighted by Gasteiger charge is -2.18. The van der Waals surface area contributed by atoms with Gasteiger partial charge in [-0.2, -0.15) is 0 Å². The van der Waals surface area contributed by atoms with Gasteiger partial charge in [0.05, 0.1) is 6.61 Å². The number of ether oxygens (including phenoxy) is 2. The van der Waals surface area contributed by atoms with Gasteiger partial charge in [0, 0.05) is 6.54 Å². The summed E-state index contributed by atoms with van der Waals surface area (Å²) in [6.45, 7) is 9.09. The number of rotatable bonds is 7. The summed E-state index contributed by atoms with van der Waals surface area (Å²) in [5.74, 6) is -0.472. The SMILES string of the molecule is C=CCOC(=O)N(CC=C)CC(=O)OCC. The van der Waals surface area contributed by atoms with E-state index in [4.69, 9.17) is 9.47 Å². The molecule has 0 spiro atoms. The Morgan fingerprint density at radius 1 is 1.25 bits per heavy atom. The van der Waals surface area contributed by atoms with Crippen molar-refractivity contribution in [1.29, 1.82) is 0 Å². The zero-order valence-corrected chi connectivity index (χ0v) is 9.48. The fourth-order valence-corrected chi connectivity index (χ4v) is 0.943. The molecule has 0 rings (SSSR count). The maximum absolute atomic E-state index is 11.4. The van der Waals surface area contributed by atoms with E-state index in [0.717, 1.165) is 0 Å². The van der Waals surface area contributed by atoms with E-state index in [0.29, 0.717) is 0 Å². The lowest BCUT2D eigenvalue weighted by Crippen LogP contribution is -2.37. The van der Waals surface area contributed by atoms with Crippen LogP contribution in [0.15, 0.2) is 25.3 Å². The molecule has 16 heavy (non-hydrogen) atoms. The highest BCUT2D eigenvalue weighted by Crippen LogP contribution is 1.96. The van der Waals surface area contributed by atoms with Gasteiger partial charge in [0.2, 0.25) is 0 Å². The van der Waals surface area contributed by atoms with Crippen LogP contribution in [0, 0.1) is 0 Å². The number of hydrogen-bond acceptors (Lipinski definition) is 4. The van der Waals surface area contributed by atoms with Crippen molar-refractivity contribution in [2.45, 2.75) is 6.92 Å². The van der Waals surface area contributed by atoms with E-state index in [-0.39, 0.29) is 26.3 Å². The Balaban J connectivity index is 4.23. The van der Waals surface area contributed by atoms with Crippen LogP contribution in [0.25, 0.3) is 0 Å². The predicted molar refractivity (Wildman–Crippen MR) is 59.9 cm³/mol. The molecule has 0 saturated heterocycles. The number of carbonyl (C=O) groups is 2. The zero-order chi connectivity index (χ0) is 12.4. The highest BCUT2D eigenvalue weighted by molar-refractivity contribution is 5.78. The Hall–Kier alpha value is -1.78. The molecule has 0 N–H and O–H groups in total. The summed E-state index contributed by atoms with van der Waals surface area (Å²) >= 11 is 0. The molecule has 90 valence electrons. The van der Waals surface area contributed by atoms with Gasteiger partial charge in [-0.15, -0.1) is 6.58 Å². The molecule has 0 radical (unpaired) electrons. The van der Waals surface area contributed by atoms with Crippen molar-refractivity contribution >= 4 is 12.1 Å². The van der Waals surface area contributed by atoms with Crippen molar-refractivity contribution in [3.05, 3.63) is 25.3 Å². The van der Waals surface area contributed by atoms with Crippen LogP contribution in [0.2, 0.25) is 0 Å². The maximum atomic E-state index is 11.4. The third-order valence-electron chi connectivity index (χ3n) is 1.56. The second-order valence-corrected chi connectivity index (χ2v) is 2.84. The van der Waals surface area contributed by atoms with Crippen LogP contribution in [0.3, 0.4) is 0 Å². The van der Waals surface area contributed by atoms with Crippen LogP contribution in [0.1, 0.15) is 6.92 Å². The molecule has 0 heterocycles. The number of carbonyl (C=O) groups excluding carboxylic acids is 2. The summed E-state index contributed by atoms with van der Waals surface area (Å²) < 4.78 is 9.53. The first-order chi connectivity index (χ1) is 7.65. The van der Waals surface area contributed by atoms with E-state index in [1.165, 1.54) is 17.1 Å². The summed E-state index contributed by atoms with van der Waals surface area (Å²) in [5.41, 5.74) is 0. The molecule has 0 aromatic carbocycles. The minimum absolute atomic E-state index is 0.106. The van der Waals surface area contributed by atoms with E-state index >= 15 is 0 Å². The summed E-state index contributed by atoms with van der Waals surface area (Å²) in [6.07, 6.45) is 2.37. The average molecular weight is 227 g/mol. The van der Waals surface area contributed by atoms with Crippen LogP contribution in [-0.4, -0.2) is 43.3 Å². The van der Waals surface area contributed by atoms with Crippen molar-refractivity contribution in [2.75, 3.05) is 26.3 Å². The van der Waals surface area contributed by atoms with Crippen molar-refractivity contribution < 1.29 is 19.1 Å². The van der Waals surface area contributed by atoms with Crippen molar-refractivity contribution in [2.24, 2.45) is 0 Å². The third-order valence-corrected chi connectivity index (χ3v) is 1.56. The molecular weight excluding hydrogens is 210 g/mol. The Bertz CT molecular complexity index is 263. The number of amides is 1. The first kappa shape index (κ1) is 14.2. The van der Waals surface area contributed by atoms with Crippen molar-refractivity contribution in [1.82, 2.24) is 4.90 Å². The molecule has 5 nitrogen and oxygen atoms in total. The van der Waals surface area contributed by atoms with Gasteiger partial charge in [-0.1, -0.05) is 18.7 Å². The van der Waals surface area contributed by atoms with E-state index in [9.17, 15) is 9.59 Å². The standard InChI is InChI=1S/C11H17NO4/c1-4-7-12(9-10(13)15-6-3)11(14)16-8-5-2/h4-5H,1-2,6-9H2,3H3. The third kappa shape index (κ3) is 5.85. The first-order valence-electron chi connectivity index (χ1n) is 4.94. The van der Waals surface area contributed by atoms with Crippen molar-refractivity contribution in [3.8, 4) is 0 Å². The molecule has 1 amide bonds. The van der Waals surface area contributed by atoms with Gasteiger partial charge in [-0.25, -0.2) is 4.79 Å². The fourth-order valence-electron chi connectivity index (χ4n) is 0.943. The van der Waals surface area contributed by atoms with Gasteiger partial charge in [0.1, 0.15) is 13.2 Å². The van der Waals surface area contributed by atoms with E-state index in [1.807, 2.05) is 0 Å². The Labute approximate surface area is 95.3 Å². The molecule has 0 atom stereocenters. The summed E-state index contributed by atoms with van der Waals surface area (Å²) in [6, 6.07) is 0. The molecular formula is C11H17NO4. The van der Waals surface area contributed by atoms with E-state index in [1.54, 1.807) is 6.92 Å². The second-order valence-electron chi connectivity index (χ2n) is 2.84. The van der Waals surface area contributed by atoms with Crippen LogP contribution in [0.4, 0.5) is 4.79 Å². The summed E-state index contributed by atoms with van der Waals surface area (Å²) in [5, 5.41) is 0. The molecule has 0 aliphatic rings. The summed E-state index contributed by atoms with van der Waals surface area (Å²) in [7, 11) is 0. The Morgan fingerprint density at radius 2 is 1.94 bits per heavy atom. The lowest BCUT2D eigenvalue weighted by atomic mass is 10.5. The highest BCUT2D eigenvalue weighted by Gasteiger charge is 2.17. The van der Waals surface area contributed by atoms with Gasteiger partial charge in [-0.05, 0) is 6.92 Å². The van der Waals surface area contributed by atoms with E-state index < -0.39 is 12.1 Å². The maximum Gasteiger partial charge on any atom is 0.410 e. The van der Waals surface area contributed by atoms with Gasteiger partial charge in [-0.3, -0.25) is 9.69 Å². The van der Waals surface area contributed by atoms with Gasteiger partial charge in [0.25, 0.3) is 0 Å². The van der Waals surface area contributed by atoms with Crippen molar-refractivity contribution in [3.63, 3.8) is 0 Å². The molecule has 0 aromatic heterocycles. The zero-order valence-electron chi connectivity index (χ0n) is 9.48. The number of nitrogens with zero attached hydrogens (tertiary/aromatic N) is 1. The Morgan fingerprint density at radius 3 is 2.44 bits per heavy atom. The number of hydrogen-bond donors (Lipinski definition) is 0. The largest absolute Gasteiger partial charge is 0.465 e. The predicted octanol–water partition coefficient (Wildman–Crippen LogP) is 1.36. The first-order valence-corrected chi connectivity index (χ1v) is 4.94. The summed E-state index contributed by atoms with van der Waals surface area (Å²) in [4.78, 5) is 23.8. The molecule has 0 fully saturated rings. The quantitative estimate of drug-likeness (QED) is 0.486. The van der Waals surface area contributed by atoms with Crippen LogP contribution in [-0.2, 0) is 14.3 Å². The molecule has 0 bridgehead atoms. The molecule has 0 unspecified atom stereocenters. The average Bonchev–Trinajstić information content (AvgIpc) is 2.25. The molecule has 0 aliphatic heterocycles. The fraction of sp³-hybridized carbons (Fsp3) is 0.455. The second kappa shape index (κ2) is 8.52. The van der Waals surface area contributed by atoms with Crippen LogP contribution in [0.5, 0.6) is 0 Å². The van der Waals surface area contributed by atoms with Gasteiger partial charge in [0.15, 0.2) is 0 Å². The van der Waals surface area contributed by atoms with Crippen LogP contribution >= 0.6 is 0 Å². The lowest BCUT2D eigenvalue weighted by molar-refractivity contribution is -0.143. The minimum Gasteiger partial charge on any atom is -0.465 e. The molecule has 5 heteroatoms. The smallest absolute Gasteiger partial charge is 0.410 e. The van der Waals surface area contributed by atoms with Gasteiger partial charge >= 0.3 is 12.1 Å². The topological polar surface area (TPSA) is 55.8 Å². The number of esters is 1.